The first-order chi connectivity index (χ1) is 13.6. The van der Waals surface area contributed by atoms with Crippen LogP contribution in [0.15, 0.2) is 48.5 Å². The van der Waals surface area contributed by atoms with E-state index < -0.39 is 17.7 Å². The molecule has 0 atom stereocenters. The number of amides is 1. The van der Waals surface area contributed by atoms with E-state index in [4.69, 9.17) is 9.47 Å². The number of nitrogens with zero attached hydrogens (tertiary/aromatic N) is 1. The van der Waals surface area contributed by atoms with Gasteiger partial charge in [-0.1, -0.05) is 36.4 Å². The number of hydrogen-bond donors (Lipinski definition) is 1. The van der Waals surface area contributed by atoms with E-state index in [-0.39, 0.29) is 24.8 Å². The summed E-state index contributed by atoms with van der Waals surface area (Å²) < 4.78 is 11.2. The van der Waals surface area contributed by atoms with Gasteiger partial charge >= 0.3 is 12.1 Å². The normalized spacial score (nSPS) is 11.2. The number of carboxylic acid groups (broad SMARTS) is 1. The van der Waals surface area contributed by atoms with Crippen molar-refractivity contribution in [2.24, 2.45) is 0 Å². The van der Waals surface area contributed by atoms with Crippen molar-refractivity contribution < 1.29 is 24.2 Å². The maximum atomic E-state index is 12.5. The number of hydrogen-bond acceptors (Lipinski definition) is 4. The molecule has 0 bridgehead atoms. The number of aromatic carboxylic acids is 1. The van der Waals surface area contributed by atoms with E-state index in [2.05, 4.69) is 0 Å². The number of rotatable bonds is 7. The first-order valence-electron chi connectivity index (χ1n) is 9.59. The van der Waals surface area contributed by atoms with Crippen molar-refractivity contribution in [1.82, 2.24) is 4.90 Å². The van der Waals surface area contributed by atoms with E-state index in [1.807, 2.05) is 65.0 Å². The summed E-state index contributed by atoms with van der Waals surface area (Å²) in [5.41, 5.74) is 1.09. The third-order valence-electron chi connectivity index (χ3n) is 4.12. The zero-order valence-corrected chi connectivity index (χ0v) is 17.6. The molecule has 0 aliphatic rings. The van der Waals surface area contributed by atoms with E-state index >= 15 is 0 Å². The minimum Gasteiger partial charge on any atom is -0.488 e. The smallest absolute Gasteiger partial charge is 0.410 e. The highest BCUT2D eigenvalue weighted by molar-refractivity contribution is 5.91. The van der Waals surface area contributed by atoms with E-state index in [1.165, 1.54) is 0 Å². The van der Waals surface area contributed by atoms with Crippen LogP contribution in [0.5, 0.6) is 5.75 Å². The third-order valence-corrected chi connectivity index (χ3v) is 4.12. The van der Waals surface area contributed by atoms with Crippen molar-refractivity contribution in [2.75, 3.05) is 0 Å². The van der Waals surface area contributed by atoms with Gasteiger partial charge in [-0.05, 0) is 57.9 Å². The van der Waals surface area contributed by atoms with Crippen LogP contribution >= 0.6 is 0 Å². The van der Waals surface area contributed by atoms with Crippen LogP contribution in [0, 0.1) is 0 Å². The zero-order valence-electron chi connectivity index (χ0n) is 17.6. The molecule has 156 valence electrons. The second-order valence-corrected chi connectivity index (χ2v) is 8.11. The van der Waals surface area contributed by atoms with E-state index in [0.29, 0.717) is 11.3 Å². The molecule has 6 nitrogen and oxygen atoms in total. The zero-order chi connectivity index (χ0) is 21.6. The molecule has 0 saturated carbocycles. The minimum absolute atomic E-state index is 0.0614. The van der Waals surface area contributed by atoms with E-state index in [0.717, 1.165) is 5.56 Å². The Hall–Kier alpha value is -3.02. The van der Waals surface area contributed by atoms with E-state index in [9.17, 15) is 14.7 Å². The molecule has 2 aromatic carbocycles. The Morgan fingerprint density at radius 2 is 1.69 bits per heavy atom. The summed E-state index contributed by atoms with van der Waals surface area (Å²) in [6.45, 7) is 9.72. The highest BCUT2D eigenvalue weighted by Crippen LogP contribution is 2.23. The Kier molecular flexibility index (Phi) is 7.26. The summed E-state index contributed by atoms with van der Waals surface area (Å²) in [7, 11) is 0. The topological polar surface area (TPSA) is 76.1 Å². The quantitative estimate of drug-likeness (QED) is 0.700. The Bertz CT molecular complexity index is 840. The molecule has 2 rings (SSSR count). The van der Waals surface area contributed by atoms with Crippen LogP contribution in [0.1, 0.15) is 56.1 Å². The lowest BCUT2D eigenvalue weighted by molar-refractivity contribution is 0.0172. The molecule has 0 spiro atoms. The van der Waals surface area contributed by atoms with Crippen molar-refractivity contribution >= 4 is 12.1 Å². The molecule has 0 aliphatic heterocycles. The highest BCUT2D eigenvalue weighted by atomic mass is 16.6. The molecular formula is C23H29NO5. The molecule has 1 N–H and O–H groups in total. The van der Waals surface area contributed by atoms with E-state index in [1.54, 1.807) is 23.1 Å². The summed E-state index contributed by atoms with van der Waals surface area (Å²) >= 11 is 0. The van der Waals surface area contributed by atoms with Crippen LogP contribution in [0.2, 0.25) is 0 Å². The molecule has 6 heteroatoms. The lowest BCUT2D eigenvalue weighted by Crippen LogP contribution is -2.40. The average Bonchev–Trinajstić information content (AvgIpc) is 2.63. The fourth-order valence-corrected chi connectivity index (χ4v) is 2.68. The number of carboxylic acids is 1. The standard InChI is InChI=1S/C23H29NO5/c1-16(2)24(22(27)29-23(3,4)5)14-18-11-12-20(19(13-18)21(25)26)28-15-17-9-7-6-8-10-17/h6-13,16H,14-15H2,1-5H3,(H,25,26). The Balaban J connectivity index is 2.19. The minimum atomic E-state index is -1.08. The molecule has 29 heavy (non-hydrogen) atoms. The predicted octanol–water partition coefficient (Wildman–Crippen LogP) is 5.11. The van der Waals surface area contributed by atoms with Gasteiger partial charge in [-0.3, -0.25) is 0 Å². The van der Waals surface area contributed by atoms with Crippen LogP contribution in [0.25, 0.3) is 0 Å². The number of ether oxygens (including phenoxy) is 2. The fraction of sp³-hybridized carbons (Fsp3) is 0.391. The van der Waals surface area contributed by atoms with Gasteiger partial charge < -0.3 is 19.5 Å². The molecule has 1 amide bonds. The Morgan fingerprint density at radius 1 is 1.03 bits per heavy atom. The second-order valence-electron chi connectivity index (χ2n) is 8.11. The van der Waals surface area contributed by atoms with Gasteiger partial charge in [0.25, 0.3) is 0 Å². The first-order valence-corrected chi connectivity index (χ1v) is 9.59. The van der Waals surface area contributed by atoms with Crippen LogP contribution < -0.4 is 4.74 Å². The summed E-state index contributed by atoms with van der Waals surface area (Å²) in [5.74, 6) is -0.790. The van der Waals surface area contributed by atoms with Crippen molar-refractivity contribution in [3.63, 3.8) is 0 Å². The highest BCUT2D eigenvalue weighted by Gasteiger charge is 2.25. The van der Waals surface area contributed by atoms with Crippen molar-refractivity contribution in [3.8, 4) is 5.75 Å². The Morgan fingerprint density at radius 3 is 2.24 bits per heavy atom. The number of carbonyl (C=O) groups is 2. The van der Waals surface area contributed by atoms with Gasteiger partial charge in [-0.15, -0.1) is 0 Å². The van der Waals surface area contributed by atoms with Crippen molar-refractivity contribution in [1.29, 1.82) is 0 Å². The van der Waals surface area contributed by atoms with Gasteiger partial charge in [0.1, 0.15) is 23.5 Å². The van der Waals surface area contributed by atoms with Gasteiger partial charge in [0, 0.05) is 12.6 Å². The van der Waals surface area contributed by atoms with Crippen molar-refractivity contribution in [2.45, 2.75) is 59.4 Å². The summed E-state index contributed by atoms with van der Waals surface area (Å²) in [6, 6.07) is 14.4. The largest absolute Gasteiger partial charge is 0.488 e. The molecule has 0 fully saturated rings. The van der Waals surface area contributed by atoms with Crippen LogP contribution in [-0.4, -0.2) is 33.7 Å². The average molecular weight is 399 g/mol. The molecule has 0 heterocycles. The Labute approximate surface area is 172 Å². The second kappa shape index (κ2) is 9.45. The van der Waals surface area contributed by atoms with Gasteiger partial charge in [-0.25, -0.2) is 9.59 Å². The lowest BCUT2D eigenvalue weighted by Gasteiger charge is -2.30. The summed E-state index contributed by atoms with van der Waals surface area (Å²) in [5, 5.41) is 9.61. The molecule has 0 aromatic heterocycles. The SMILES string of the molecule is CC(C)N(Cc1ccc(OCc2ccccc2)c(C(=O)O)c1)C(=O)OC(C)(C)C. The van der Waals surface area contributed by atoms with Crippen LogP contribution in [0.4, 0.5) is 4.79 Å². The van der Waals surface area contributed by atoms with Gasteiger partial charge in [-0.2, -0.15) is 0 Å². The molecule has 2 aromatic rings. The summed E-state index contributed by atoms with van der Waals surface area (Å²) in [6.07, 6.45) is -0.436. The first kappa shape index (κ1) is 22.3. The number of benzene rings is 2. The maximum absolute atomic E-state index is 12.5. The van der Waals surface area contributed by atoms with Crippen molar-refractivity contribution in [3.05, 3.63) is 65.2 Å². The van der Waals surface area contributed by atoms with Crippen LogP contribution in [0.3, 0.4) is 0 Å². The third kappa shape index (κ3) is 6.82. The molecule has 0 unspecified atom stereocenters. The molecule has 0 saturated heterocycles. The molecular weight excluding hydrogens is 370 g/mol. The molecule has 0 aliphatic carbocycles. The summed E-state index contributed by atoms with van der Waals surface area (Å²) in [4.78, 5) is 25.8. The fourth-order valence-electron chi connectivity index (χ4n) is 2.68. The van der Waals surface area contributed by atoms with Crippen LogP contribution in [-0.2, 0) is 17.9 Å². The molecule has 0 radical (unpaired) electrons. The lowest BCUT2D eigenvalue weighted by atomic mass is 10.1. The van der Waals surface area contributed by atoms with Gasteiger partial charge in [0.05, 0.1) is 0 Å². The van der Waals surface area contributed by atoms with Gasteiger partial charge in [0.2, 0.25) is 0 Å². The number of carbonyl (C=O) groups excluding carboxylic acids is 1. The maximum Gasteiger partial charge on any atom is 0.410 e. The monoisotopic (exact) mass is 399 g/mol. The van der Waals surface area contributed by atoms with Gasteiger partial charge in [0.15, 0.2) is 0 Å². The predicted molar refractivity (Wildman–Crippen MR) is 111 cm³/mol.